The van der Waals surface area contributed by atoms with E-state index in [1.165, 1.54) is 6.33 Å². The number of fused-ring (bicyclic) bond motifs is 1. The molecular weight excluding hydrogens is 517 g/mol. The number of H-pyrrole nitrogens is 1. The number of alkyl halides is 3. The molecule has 39 heavy (non-hydrogen) atoms. The number of halogens is 3. The molecule has 0 aliphatic rings. The third kappa shape index (κ3) is 7.77. The van der Waals surface area contributed by atoms with Gasteiger partial charge >= 0.3 is 18.2 Å². The lowest BCUT2D eigenvalue weighted by Crippen LogP contribution is -2.30. The maximum Gasteiger partial charge on any atom is 0.490 e. The Labute approximate surface area is 220 Å². The number of rotatable bonds is 5. The molecule has 2 aromatic heterocycles. The van der Waals surface area contributed by atoms with E-state index in [2.05, 4.69) is 30.9 Å². The van der Waals surface area contributed by atoms with Crippen LogP contribution < -0.4 is 16.0 Å². The Bertz CT molecular complexity index is 1480. The van der Waals surface area contributed by atoms with E-state index in [0.717, 1.165) is 27.9 Å². The van der Waals surface area contributed by atoms with Gasteiger partial charge in [-0.15, -0.1) is 0 Å². The lowest BCUT2D eigenvalue weighted by molar-refractivity contribution is -0.192. The number of carbonyl (C=O) groups excluding carboxylic acids is 2. The van der Waals surface area contributed by atoms with Crippen molar-refractivity contribution in [3.05, 3.63) is 72.2 Å². The second kappa shape index (κ2) is 12.1. The van der Waals surface area contributed by atoms with E-state index in [-0.39, 0.29) is 11.9 Å². The van der Waals surface area contributed by atoms with Crippen molar-refractivity contribution in [2.75, 3.05) is 10.6 Å². The highest BCUT2D eigenvalue weighted by Gasteiger charge is 2.38. The summed E-state index contributed by atoms with van der Waals surface area (Å²) in [7, 11) is 0. The van der Waals surface area contributed by atoms with Crippen LogP contribution in [0.4, 0.5) is 29.3 Å². The third-order valence-corrected chi connectivity index (χ3v) is 5.13. The van der Waals surface area contributed by atoms with E-state index >= 15 is 0 Å². The van der Waals surface area contributed by atoms with Crippen molar-refractivity contribution >= 4 is 40.3 Å². The smallest absolute Gasteiger partial charge is 0.475 e. The predicted molar refractivity (Wildman–Crippen MR) is 139 cm³/mol. The average Bonchev–Trinajstić information content (AvgIpc) is 3.25. The number of aromatic nitrogens is 3. The molecule has 13 heteroatoms. The first kappa shape index (κ1) is 28.6. The van der Waals surface area contributed by atoms with Crippen LogP contribution in [0.1, 0.15) is 29.8 Å². The summed E-state index contributed by atoms with van der Waals surface area (Å²) in [6.07, 6.45) is -1.65. The van der Waals surface area contributed by atoms with Crippen molar-refractivity contribution in [2.24, 2.45) is 0 Å². The maximum atomic E-state index is 12.4. The van der Waals surface area contributed by atoms with Crippen LogP contribution in [0.5, 0.6) is 0 Å². The Hall–Kier alpha value is -4.94. The summed E-state index contributed by atoms with van der Waals surface area (Å²) in [5.41, 5.74) is 5.27. The van der Waals surface area contributed by atoms with Crippen LogP contribution in [0.2, 0.25) is 0 Å². The lowest BCUT2D eigenvalue weighted by Gasteiger charge is -2.11. The van der Waals surface area contributed by atoms with E-state index in [1.807, 2.05) is 51.2 Å². The highest BCUT2D eigenvalue weighted by atomic mass is 19.4. The van der Waals surface area contributed by atoms with Crippen molar-refractivity contribution in [1.29, 1.82) is 0 Å². The van der Waals surface area contributed by atoms with Crippen molar-refractivity contribution in [1.82, 2.24) is 20.3 Å². The zero-order valence-corrected chi connectivity index (χ0v) is 21.1. The molecule has 0 bridgehead atoms. The van der Waals surface area contributed by atoms with Crippen molar-refractivity contribution in [3.63, 3.8) is 0 Å². The fraction of sp³-hybridized carbons (Fsp3) is 0.192. The van der Waals surface area contributed by atoms with Gasteiger partial charge in [0.05, 0.1) is 5.69 Å². The molecule has 0 aliphatic heterocycles. The van der Waals surface area contributed by atoms with Gasteiger partial charge < -0.3 is 26.0 Å². The Balaban J connectivity index is 0.000000532. The molecule has 0 fully saturated rings. The topological polar surface area (TPSA) is 149 Å². The Morgan fingerprint density at radius 2 is 1.62 bits per heavy atom. The minimum atomic E-state index is -5.08. The van der Waals surface area contributed by atoms with Crippen LogP contribution in [0.3, 0.4) is 0 Å². The minimum absolute atomic E-state index is 0.0324. The maximum absolute atomic E-state index is 12.4. The van der Waals surface area contributed by atoms with Gasteiger partial charge in [-0.1, -0.05) is 18.2 Å². The second-order valence-corrected chi connectivity index (χ2v) is 8.59. The number of aromatic amines is 1. The van der Waals surface area contributed by atoms with Crippen molar-refractivity contribution in [3.8, 4) is 11.3 Å². The van der Waals surface area contributed by atoms with Gasteiger partial charge in [-0.25, -0.2) is 19.6 Å². The minimum Gasteiger partial charge on any atom is -0.475 e. The highest BCUT2D eigenvalue weighted by molar-refractivity contribution is 6.01. The number of carboxylic acids is 1. The summed E-state index contributed by atoms with van der Waals surface area (Å²) in [4.78, 5) is 45.3. The molecule has 0 spiro atoms. The number of nitrogens with one attached hydrogen (secondary N) is 4. The number of hydrogen-bond donors (Lipinski definition) is 5. The standard InChI is InChI=1S/C24H24N6O2.C2HF3O2/c1-14(2)28-23(31)17-5-4-6-19(11-17)30-24(32)29-18-9-7-16(8-10-18)21-20-15(3)12-25-22(20)27-13-26-21;3-2(4,5)1(6)7/h4-14H,1-3H3,(H,28,31)(H,25,26,27)(H2,29,30,32);(H,6,7). The third-order valence-electron chi connectivity index (χ3n) is 5.13. The van der Waals surface area contributed by atoms with Gasteiger partial charge in [0.25, 0.3) is 5.91 Å². The number of urea groups is 1. The molecule has 3 amide bonds. The van der Waals surface area contributed by atoms with Gasteiger partial charge in [0, 0.05) is 40.1 Å². The molecule has 5 N–H and O–H groups in total. The molecule has 10 nitrogen and oxygen atoms in total. The van der Waals surface area contributed by atoms with Crippen LogP contribution >= 0.6 is 0 Å². The molecule has 4 aromatic rings. The lowest BCUT2D eigenvalue weighted by atomic mass is 10.1. The number of aliphatic carboxylic acids is 1. The quantitative estimate of drug-likeness (QED) is 0.230. The molecule has 2 heterocycles. The first-order valence-electron chi connectivity index (χ1n) is 11.5. The summed E-state index contributed by atoms with van der Waals surface area (Å²) in [5.74, 6) is -2.94. The first-order chi connectivity index (χ1) is 18.3. The Morgan fingerprint density at radius 3 is 2.23 bits per heavy atom. The fourth-order valence-corrected chi connectivity index (χ4v) is 3.42. The van der Waals surface area contributed by atoms with E-state index in [1.54, 1.807) is 24.3 Å². The molecule has 0 aliphatic carbocycles. The number of amides is 3. The molecule has 0 radical (unpaired) electrons. The van der Waals surface area contributed by atoms with Crippen LogP contribution in [0.15, 0.2) is 61.1 Å². The summed E-state index contributed by atoms with van der Waals surface area (Å²) in [6, 6.07) is 13.9. The van der Waals surface area contributed by atoms with Gasteiger partial charge in [-0.05, 0) is 56.7 Å². The Kier molecular flexibility index (Phi) is 8.86. The molecule has 0 saturated carbocycles. The van der Waals surface area contributed by atoms with Gasteiger partial charge in [-0.2, -0.15) is 13.2 Å². The molecule has 0 saturated heterocycles. The van der Waals surface area contributed by atoms with E-state index in [4.69, 9.17) is 9.90 Å². The van der Waals surface area contributed by atoms with E-state index < -0.39 is 18.2 Å². The number of benzene rings is 2. The average molecular weight is 543 g/mol. The zero-order chi connectivity index (χ0) is 28.7. The Morgan fingerprint density at radius 1 is 0.974 bits per heavy atom. The summed E-state index contributed by atoms with van der Waals surface area (Å²) in [5, 5.41) is 16.5. The SMILES string of the molecule is Cc1c[nH]c2ncnc(-c3ccc(NC(=O)Nc4cccc(C(=O)NC(C)C)c4)cc3)c12.O=C(O)C(F)(F)F. The monoisotopic (exact) mass is 542 g/mol. The van der Waals surface area contributed by atoms with Gasteiger partial charge in [0.15, 0.2) is 0 Å². The number of aryl methyl sites for hydroxylation is 1. The van der Waals surface area contributed by atoms with Crippen molar-refractivity contribution < 1.29 is 32.7 Å². The van der Waals surface area contributed by atoms with Crippen LogP contribution in [0.25, 0.3) is 22.3 Å². The first-order valence-corrected chi connectivity index (χ1v) is 11.5. The van der Waals surface area contributed by atoms with Crippen molar-refractivity contribution in [2.45, 2.75) is 33.0 Å². The van der Waals surface area contributed by atoms with Gasteiger partial charge in [0.1, 0.15) is 12.0 Å². The number of carbonyl (C=O) groups is 3. The van der Waals surface area contributed by atoms with Gasteiger partial charge in [-0.3, -0.25) is 4.79 Å². The van der Waals surface area contributed by atoms with E-state index in [0.29, 0.717) is 16.9 Å². The molecular formula is C26H25F3N6O4. The largest absolute Gasteiger partial charge is 0.490 e. The normalized spacial score (nSPS) is 10.9. The fourth-order valence-electron chi connectivity index (χ4n) is 3.42. The van der Waals surface area contributed by atoms with Crippen LogP contribution in [-0.2, 0) is 4.79 Å². The predicted octanol–water partition coefficient (Wildman–Crippen LogP) is 5.35. The molecule has 2 aromatic carbocycles. The summed E-state index contributed by atoms with van der Waals surface area (Å²) in [6.45, 7) is 5.80. The number of anilines is 2. The van der Waals surface area contributed by atoms with Gasteiger partial charge in [0.2, 0.25) is 0 Å². The van der Waals surface area contributed by atoms with Crippen LogP contribution in [-0.4, -0.2) is 50.2 Å². The number of hydrogen-bond acceptors (Lipinski definition) is 5. The molecule has 0 unspecified atom stereocenters. The number of carboxylic acid groups (broad SMARTS) is 1. The van der Waals surface area contributed by atoms with E-state index in [9.17, 15) is 22.8 Å². The second-order valence-electron chi connectivity index (χ2n) is 8.59. The highest BCUT2D eigenvalue weighted by Crippen LogP contribution is 2.28. The van der Waals surface area contributed by atoms with Crippen LogP contribution in [0, 0.1) is 6.92 Å². The summed E-state index contributed by atoms with van der Waals surface area (Å²) < 4.78 is 31.7. The molecule has 204 valence electrons. The summed E-state index contributed by atoms with van der Waals surface area (Å²) >= 11 is 0. The number of nitrogens with zero attached hydrogens (tertiary/aromatic N) is 2. The zero-order valence-electron chi connectivity index (χ0n) is 21.1. The molecule has 0 atom stereocenters. The molecule has 4 rings (SSSR count).